The molecule has 17 nitrogen and oxygen atoms in total. The van der Waals surface area contributed by atoms with Crippen molar-refractivity contribution >= 4 is 231 Å². The number of thiophene rings is 9. The Kier molecular flexibility index (Phi) is 31.6. The maximum atomic E-state index is 12.6. The molecule has 5 aliphatic rings. The normalized spacial score (nSPS) is 15.6. The Balaban J connectivity index is 0.000000159. The van der Waals surface area contributed by atoms with Crippen LogP contribution in [0.2, 0.25) is 0 Å². The first-order chi connectivity index (χ1) is 64.7. The van der Waals surface area contributed by atoms with Gasteiger partial charge in [-0.15, -0.1) is 102 Å². The van der Waals surface area contributed by atoms with E-state index in [2.05, 4.69) is 259 Å². The number of benzene rings is 1. The molecule has 0 N–H and O–H groups in total. The first kappa shape index (κ1) is 115. The van der Waals surface area contributed by atoms with Crippen molar-refractivity contribution in [3.05, 3.63) is 173 Å². The summed E-state index contributed by atoms with van der Waals surface area (Å²) >= 11 is 17.9. The molecule has 0 aliphatic carbocycles. The van der Waals surface area contributed by atoms with Gasteiger partial charge in [0.1, 0.15) is 11.0 Å². The summed E-state index contributed by atoms with van der Waals surface area (Å²) in [6, 6.07) is 13.2. The Morgan fingerprint density at radius 3 is 0.916 bits per heavy atom. The van der Waals surface area contributed by atoms with Crippen molar-refractivity contribution in [1.29, 1.82) is 0 Å². The Morgan fingerprint density at radius 1 is 0.287 bits per heavy atom. The van der Waals surface area contributed by atoms with E-state index in [1.807, 2.05) is 163 Å². The van der Waals surface area contributed by atoms with Crippen molar-refractivity contribution in [2.24, 2.45) is 35.8 Å². The lowest BCUT2D eigenvalue weighted by Crippen LogP contribution is -2.33. The first-order valence-corrected chi connectivity index (χ1v) is 57.7. The number of hydrogen-bond donors (Lipinski definition) is 0. The van der Waals surface area contributed by atoms with E-state index in [1.165, 1.54) is 114 Å². The second kappa shape index (κ2) is 39.2. The molecule has 12 aromatic heterocycles. The Morgan fingerprint density at radius 2 is 0.594 bits per heavy atom. The summed E-state index contributed by atoms with van der Waals surface area (Å²) in [6.07, 6.45) is 1.25. The number of likely N-dealkylation sites (N-methyl/N-ethyl adjacent to an activating group) is 4. The topological polar surface area (TPSA) is 188 Å². The van der Waals surface area contributed by atoms with E-state index in [9.17, 15) is 38.4 Å². The summed E-state index contributed by atoms with van der Waals surface area (Å²) in [5.41, 5.74) is 13.1. The standard InChI is InChI=1S/C18H20N2S3.C17H23NS2.2C16H24N2O2.C16H24S2.C15H15NO2S2.C15H21NO2S.C3H8/c1-17(2,3)11-7-9-13-14(20-23-19-13)10-8-12(18(4,5)6)22-16(10)15(9)21-11;1-16(2,3)12-8-10-14(19-12)15-11(18(10)7)9-13(20-15)17(4,5)6;1-15(2,3)9-11-12(18(8)13(9)19)10(16(4,5)6)14(20)17(11)7;1-15(2,3)11-9-10(14(20)17(11)7)12(16(4,5)6)18(8)13(9)19;1-9-10(2)17-12-11(9)13(15(3,4)5)18-14(12)16(6,7)8;1-15(2,3)10-7-9-12(20-10)11-8(5-6-19-11)13(17)16(4)14(9)18;1-14(2,3)10-8-9(11(19-10)15(4,5)6)13(18)16(7)12(8)17;1-3-2/h7-8H,1-6H3;8-9H,1-7H3;2*1-8H3;1-8H3;5-7H,1-4H3;1-7H3;3H2,1-2H3. The number of fused-ring (bicyclic) bond motifs is 16. The highest BCUT2D eigenvalue weighted by molar-refractivity contribution is 7.29. The summed E-state index contributed by atoms with van der Waals surface area (Å²) < 4.78 is 21.9. The van der Waals surface area contributed by atoms with Crippen LogP contribution < -0.4 is 11.1 Å². The van der Waals surface area contributed by atoms with Crippen LogP contribution in [0.15, 0.2) is 96.4 Å². The summed E-state index contributed by atoms with van der Waals surface area (Å²) in [7, 11) is 12.3. The van der Waals surface area contributed by atoms with E-state index in [-0.39, 0.29) is 117 Å². The molecule has 27 heteroatoms. The zero-order valence-electron chi connectivity index (χ0n) is 95.1. The lowest BCUT2D eigenvalue weighted by atomic mass is 9.84. The van der Waals surface area contributed by atoms with Crippen molar-refractivity contribution in [2.45, 2.75) is 353 Å². The molecular weight excluding hydrogens is 1970 g/mol. The van der Waals surface area contributed by atoms with Gasteiger partial charge in [0.05, 0.1) is 95.4 Å². The smallest absolute Gasteiger partial charge is 0.262 e. The van der Waals surface area contributed by atoms with E-state index in [4.69, 9.17) is 0 Å². The van der Waals surface area contributed by atoms with E-state index >= 15 is 0 Å². The molecule has 0 unspecified atom stereocenters. The molecule has 13 aromatic rings. The fraction of sp³-hybridized carbons (Fsp3) is 0.552. The maximum absolute atomic E-state index is 12.6. The highest BCUT2D eigenvalue weighted by Gasteiger charge is 2.53. The third kappa shape index (κ3) is 22.0. The molecule has 1 aromatic carbocycles. The minimum absolute atomic E-state index is 0.00283. The van der Waals surface area contributed by atoms with Crippen LogP contribution in [0.4, 0.5) is 0 Å². The van der Waals surface area contributed by atoms with E-state index < -0.39 is 0 Å². The van der Waals surface area contributed by atoms with Gasteiger partial charge in [-0.3, -0.25) is 47.8 Å². The number of allylic oxidation sites excluding steroid dienone is 2. The molecular formula is C116H159N9O8S10. The van der Waals surface area contributed by atoms with Crippen LogP contribution in [0.3, 0.4) is 0 Å². The Labute approximate surface area is 891 Å². The van der Waals surface area contributed by atoms with Crippen LogP contribution in [0.5, 0.6) is 0 Å². The molecule has 18 rings (SSSR count). The zero-order chi connectivity index (χ0) is 109. The number of amides is 6. The van der Waals surface area contributed by atoms with E-state index in [0.29, 0.717) is 33.0 Å². The number of carbonyl (C=O) groups excluding carboxylic acids is 6. The summed E-state index contributed by atoms with van der Waals surface area (Å²) in [4.78, 5) is 121. The molecule has 0 fully saturated rings. The molecule has 6 amide bonds. The lowest BCUT2D eigenvalue weighted by molar-refractivity contribution is -0.126. The van der Waals surface area contributed by atoms with Crippen molar-refractivity contribution in [3.63, 3.8) is 0 Å². The predicted octanol–water partition coefficient (Wildman–Crippen LogP) is 32.5. The average molecular weight is 2130 g/mol. The third-order valence-corrected chi connectivity index (χ3v) is 41.0. The molecule has 0 bridgehead atoms. The average Bonchev–Trinajstić information content (AvgIpc) is 1.56. The van der Waals surface area contributed by atoms with Gasteiger partial charge in [0, 0.05) is 152 Å². The monoisotopic (exact) mass is 2130 g/mol. The minimum atomic E-state index is -0.287. The molecule has 17 heterocycles. The zero-order valence-corrected chi connectivity index (χ0v) is 103. The molecule has 0 spiro atoms. The van der Waals surface area contributed by atoms with Gasteiger partial charge in [0.15, 0.2) is 0 Å². The Hall–Kier alpha value is -7.96. The van der Waals surface area contributed by atoms with Crippen molar-refractivity contribution < 1.29 is 28.8 Å². The molecule has 776 valence electrons. The second-order valence-electron chi connectivity index (χ2n) is 52.3. The third-order valence-electron chi connectivity index (χ3n) is 25.8. The molecule has 0 saturated carbocycles. The van der Waals surface area contributed by atoms with Crippen LogP contribution in [0, 0.1) is 35.5 Å². The first-order valence-electron chi connectivity index (χ1n) is 49.6. The van der Waals surface area contributed by atoms with Crippen LogP contribution in [0.25, 0.3) is 81.9 Å². The highest BCUT2D eigenvalue weighted by Crippen LogP contribution is 2.56. The molecule has 0 radical (unpaired) electrons. The van der Waals surface area contributed by atoms with Gasteiger partial charge >= 0.3 is 0 Å². The van der Waals surface area contributed by atoms with Gasteiger partial charge in [-0.1, -0.05) is 290 Å². The molecule has 5 aliphatic heterocycles. The van der Waals surface area contributed by atoms with Gasteiger partial charge in [-0.2, -0.15) is 8.75 Å². The van der Waals surface area contributed by atoms with Crippen LogP contribution in [0.1, 0.15) is 365 Å². The summed E-state index contributed by atoms with van der Waals surface area (Å²) in [5, 5.41) is 7.28. The van der Waals surface area contributed by atoms with Crippen molar-refractivity contribution in [2.75, 3.05) is 35.2 Å². The fourth-order valence-electron chi connectivity index (χ4n) is 18.3. The van der Waals surface area contributed by atoms with Crippen molar-refractivity contribution in [1.82, 2.24) is 42.4 Å². The van der Waals surface area contributed by atoms with E-state index in [0.717, 1.165) is 69.0 Å². The number of aromatic nitrogens is 4. The number of nitrogens with zero attached hydrogens (tertiary/aromatic N) is 9. The van der Waals surface area contributed by atoms with E-state index in [1.54, 1.807) is 106 Å². The highest BCUT2D eigenvalue weighted by atomic mass is 32.1. The van der Waals surface area contributed by atoms with Gasteiger partial charge in [0.25, 0.3) is 46.6 Å². The summed E-state index contributed by atoms with van der Waals surface area (Å²) in [6.45, 7) is 93.4. The van der Waals surface area contributed by atoms with Crippen molar-refractivity contribution in [3.8, 4) is 0 Å². The number of aryl methyl sites for hydroxylation is 3. The largest absolute Gasteiger partial charge is 0.342 e. The van der Waals surface area contributed by atoms with Gasteiger partial charge < -0.3 is 24.2 Å². The SMILES string of the molecule is CC(C)(C)c1cc2c3nsnc3c3cc(C(C)(C)C)sc3c2s1.CCC.CN1C(=O)C(C(C)(C)C)=C2C1=C(C(C)(C)C)C(=O)N2C.CN1C(=O)C2=C(C(C)(C)C)N(C)C(=O)C2=C1C(C)(C)C.CN1C(=O)c2c(C(C)(C)C)sc(C(C)(C)C)c2C1=O.Cc1sc2c(C(C)(C)C)sc(C(C)(C)C)c2c1C.Cn1c(=O)c2ccsc2c2sc(C(C)(C)C)cc2c1=O.Cn1c2cc(C(C)(C)C)sc2c2sc(C(C)(C)C)cc21. The number of carbonyl (C=O) groups is 6. The molecule has 0 saturated heterocycles. The van der Waals surface area contributed by atoms with Crippen LogP contribution >= 0.6 is 114 Å². The molecule has 143 heavy (non-hydrogen) atoms. The lowest BCUT2D eigenvalue weighted by Gasteiger charge is -2.30. The fourth-order valence-corrected chi connectivity index (χ4v) is 30.7. The maximum Gasteiger partial charge on any atom is 0.262 e. The van der Waals surface area contributed by atoms with Gasteiger partial charge in [0.2, 0.25) is 0 Å². The van der Waals surface area contributed by atoms with Gasteiger partial charge in [-0.25, -0.2) is 0 Å². The van der Waals surface area contributed by atoms with Crippen LogP contribution in [-0.4, -0.2) is 113 Å². The van der Waals surface area contributed by atoms with Crippen LogP contribution in [-0.2, 0) is 82.0 Å². The predicted molar refractivity (Wildman–Crippen MR) is 624 cm³/mol. The number of hydrogen-bond acceptors (Lipinski definition) is 20. The number of imide groups is 1. The number of rotatable bonds is 0. The minimum Gasteiger partial charge on any atom is -0.342 e. The van der Waals surface area contributed by atoms with Gasteiger partial charge in [-0.05, 0) is 121 Å². The molecule has 0 atom stereocenters. The summed E-state index contributed by atoms with van der Waals surface area (Å²) in [5.74, 6) is -0.430. The quantitative estimate of drug-likeness (QED) is 0.132. The Bertz CT molecular complexity index is 7250. The second-order valence-corrected chi connectivity index (χ2v) is 62.3.